The Balaban J connectivity index is 2.59. The quantitative estimate of drug-likeness (QED) is 0.654. The highest BCUT2D eigenvalue weighted by Gasteiger charge is 2.46. The van der Waals surface area contributed by atoms with E-state index in [-0.39, 0.29) is 5.54 Å². The topological polar surface area (TPSA) is 32.3 Å². The van der Waals surface area contributed by atoms with Crippen molar-refractivity contribution in [1.82, 2.24) is 5.32 Å². The third kappa shape index (κ3) is 2.12. The SMILES string of the molecule is C=C(C)CNC1(C)CCCC1(C)O. The number of aliphatic hydroxyl groups is 1. The summed E-state index contributed by atoms with van der Waals surface area (Å²) in [5, 5.41) is 13.5. The first kappa shape index (κ1) is 10.7. The zero-order valence-electron chi connectivity index (χ0n) is 8.98. The summed E-state index contributed by atoms with van der Waals surface area (Å²) < 4.78 is 0. The number of hydrogen-bond donors (Lipinski definition) is 2. The Morgan fingerprint density at radius 3 is 2.46 bits per heavy atom. The highest BCUT2D eigenvalue weighted by atomic mass is 16.3. The first-order valence-corrected chi connectivity index (χ1v) is 4.99. The molecule has 0 bridgehead atoms. The summed E-state index contributed by atoms with van der Waals surface area (Å²) in [4.78, 5) is 0. The summed E-state index contributed by atoms with van der Waals surface area (Å²) in [6, 6.07) is 0. The van der Waals surface area contributed by atoms with E-state index in [0.29, 0.717) is 0 Å². The van der Waals surface area contributed by atoms with E-state index < -0.39 is 5.60 Å². The van der Waals surface area contributed by atoms with Crippen molar-refractivity contribution in [2.45, 2.75) is 51.2 Å². The summed E-state index contributed by atoms with van der Waals surface area (Å²) in [6.07, 6.45) is 3.05. The van der Waals surface area contributed by atoms with Crippen LogP contribution in [0.4, 0.5) is 0 Å². The summed E-state index contributed by atoms with van der Waals surface area (Å²) in [6.45, 7) is 10.7. The van der Waals surface area contributed by atoms with E-state index in [0.717, 1.165) is 31.4 Å². The minimum Gasteiger partial charge on any atom is -0.388 e. The Morgan fingerprint density at radius 1 is 1.46 bits per heavy atom. The van der Waals surface area contributed by atoms with Crippen molar-refractivity contribution in [3.63, 3.8) is 0 Å². The zero-order valence-corrected chi connectivity index (χ0v) is 8.98. The molecule has 2 N–H and O–H groups in total. The van der Waals surface area contributed by atoms with Crippen LogP contribution in [0.5, 0.6) is 0 Å². The average molecular weight is 183 g/mol. The molecule has 0 aromatic heterocycles. The van der Waals surface area contributed by atoms with Gasteiger partial charge in [-0.3, -0.25) is 0 Å². The van der Waals surface area contributed by atoms with Gasteiger partial charge in [-0.25, -0.2) is 0 Å². The van der Waals surface area contributed by atoms with Crippen molar-refractivity contribution in [3.05, 3.63) is 12.2 Å². The second-order valence-corrected chi connectivity index (χ2v) is 4.77. The molecule has 2 heteroatoms. The minimum atomic E-state index is -0.567. The molecular formula is C11H21NO. The molecule has 0 saturated heterocycles. The molecule has 2 atom stereocenters. The van der Waals surface area contributed by atoms with E-state index in [9.17, 15) is 5.11 Å². The van der Waals surface area contributed by atoms with Gasteiger partial charge in [-0.1, -0.05) is 12.2 Å². The second-order valence-electron chi connectivity index (χ2n) is 4.77. The van der Waals surface area contributed by atoms with Gasteiger partial charge in [0.2, 0.25) is 0 Å². The molecule has 2 nitrogen and oxygen atoms in total. The first-order valence-electron chi connectivity index (χ1n) is 4.99. The van der Waals surface area contributed by atoms with Crippen LogP contribution in [0.25, 0.3) is 0 Å². The molecule has 0 heterocycles. The molecule has 1 saturated carbocycles. The molecular weight excluding hydrogens is 162 g/mol. The van der Waals surface area contributed by atoms with Gasteiger partial charge in [0.15, 0.2) is 0 Å². The van der Waals surface area contributed by atoms with Crippen LogP contribution in [0, 0.1) is 0 Å². The maximum absolute atomic E-state index is 10.1. The molecule has 0 aromatic rings. The Bertz CT molecular complexity index is 210. The van der Waals surface area contributed by atoms with Crippen LogP contribution < -0.4 is 5.32 Å². The van der Waals surface area contributed by atoms with E-state index >= 15 is 0 Å². The standard InChI is InChI=1S/C11H21NO/c1-9(2)8-12-10(3)6-5-7-11(10,4)13/h12-13H,1,5-8H2,2-4H3. The molecule has 13 heavy (non-hydrogen) atoms. The van der Waals surface area contributed by atoms with E-state index in [2.05, 4.69) is 18.8 Å². The van der Waals surface area contributed by atoms with Crippen molar-refractivity contribution in [2.75, 3.05) is 6.54 Å². The van der Waals surface area contributed by atoms with E-state index in [1.807, 2.05) is 13.8 Å². The van der Waals surface area contributed by atoms with Crippen molar-refractivity contribution in [1.29, 1.82) is 0 Å². The third-order valence-corrected chi connectivity index (χ3v) is 3.31. The summed E-state index contributed by atoms with van der Waals surface area (Å²) in [7, 11) is 0. The lowest BCUT2D eigenvalue weighted by Gasteiger charge is -2.38. The van der Waals surface area contributed by atoms with Gasteiger partial charge in [-0.05, 0) is 40.0 Å². The number of rotatable bonds is 3. The Labute approximate surface area is 81.0 Å². The van der Waals surface area contributed by atoms with Crippen molar-refractivity contribution in [2.24, 2.45) is 0 Å². The summed E-state index contributed by atoms with van der Waals surface area (Å²) in [5.74, 6) is 0. The van der Waals surface area contributed by atoms with Gasteiger partial charge in [-0.15, -0.1) is 0 Å². The Morgan fingerprint density at radius 2 is 2.08 bits per heavy atom. The zero-order chi connectivity index (χ0) is 10.1. The molecule has 1 fully saturated rings. The van der Waals surface area contributed by atoms with Crippen LogP contribution in [-0.4, -0.2) is 22.8 Å². The minimum absolute atomic E-state index is 0.133. The normalized spacial score (nSPS) is 39.4. The summed E-state index contributed by atoms with van der Waals surface area (Å²) in [5.41, 5.74) is 0.415. The first-order chi connectivity index (χ1) is 5.87. The molecule has 0 aromatic carbocycles. The monoisotopic (exact) mass is 183 g/mol. The van der Waals surface area contributed by atoms with Gasteiger partial charge in [0, 0.05) is 12.1 Å². The third-order valence-electron chi connectivity index (χ3n) is 3.31. The largest absolute Gasteiger partial charge is 0.388 e. The highest BCUT2D eigenvalue weighted by molar-refractivity contribution is 5.07. The van der Waals surface area contributed by atoms with E-state index in [1.165, 1.54) is 0 Å². The van der Waals surface area contributed by atoms with Crippen LogP contribution in [0.3, 0.4) is 0 Å². The molecule has 0 aliphatic heterocycles. The lowest BCUT2D eigenvalue weighted by molar-refractivity contribution is -0.00502. The Kier molecular flexibility index (Phi) is 2.83. The predicted octanol–water partition coefficient (Wildman–Crippen LogP) is 1.85. The highest BCUT2D eigenvalue weighted by Crippen LogP contribution is 2.38. The Hall–Kier alpha value is -0.340. The number of nitrogens with one attached hydrogen (secondary N) is 1. The fraction of sp³-hybridized carbons (Fsp3) is 0.818. The maximum Gasteiger partial charge on any atom is 0.0797 e. The molecule has 0 spiro atoms. The summed E-state index contributed by atoms with van der Waals surface area (Å²) >= 11 is 0. The van der Waals surface area contributed by atoms with Crippen LogP contribution in [-0.2, 0) is 0 Å². The van der Waals surface area contributed by atoms with Gasteiger partial charge in [0.05, 0.1) is 5.60 Å². The van der Waals surface area contributed by atoms with Crippen LogP contribution in [0.1, 0.15) is 40.0 Å². The molecule has 76 valence electrons. The van der Waals surface area contributed by atoms with E-state index in [1.54, 1.807) is 0 Å². The lowest BCUT2D eigenvalue weighted by atomic mass is 9.86. The fourth-order valence-electron chi connectivity index (χ4n) is 1.96. The van der Waals surface area contributed by atoms with Crippen LogP contribution in [0.15, 0.2) is 12.2 Å². The predicted molar refractivity (Wildman–Crippen MR) is 55.7 cm³/mol. The van der Waals surface area contributed by atoms with Crippen molar-refractivity contribution >= 4 is 0 Å². The smallest absolute Gasteiger partial charge is 0.0797 e. The molecule has 1 aliphatic rings. The van der Waals surface area contributed by atoms with Crippen molar-refractivity contribution < 1.29 is 5.11 Å². The van der Waals surface area contributed by atoms with Gasteiger partial charge in [0.1, 0.15) is 0 Å². The second kappa shape index (κ2) is 3.43. The van der Waals surface area contributed by atoms with Crippen molar-refractivity contribution in [3.8, 4) is 0 Å². The van der Waals surface area contributed by atoms with Gasteiger partial charge in [-0.2, -0.15) is 0 Å². The average Bonchev–Trinajstić information content (AvgIpc) is 2.24. The van der Waals surface area contributed by atoms with Crippen LogP contribution in [0.2, 0.25) is 0 Å². The molecule has 1 rings (SSSR count). The van der Waals surface area contributed by atoms with Gasteiger partial charge in [0.25, 0.3) is 0 Å². The lowest BCUT2D eigenvalue weighted by Crippen LogP contribution is -2.56. The maximum atomic E-state index is 10.1. The molecule has 2 unspecified atom stereocenters. The van der Waals surface area contributed by atoms with Gasteiger partial charge >= 0.3 is 0 Å². The van der Waals surface area contributed by atoms with E-state index in [4.69, 9.17) is 0 Å². The van der Waals surface area contributed by atoms with Crippen LogP contribution >= 0.6 is 0 Å². The van der Waals surface area contributed by atoms with Gasteiger partial charge < -0.3 is 10.4 Å². The number of hydrogen-bond acceptors (Lipinski definition) is 2. The molecule has 0 radical (unpaired) electrons. The molecule has 1 aliphatic carbocycles. The fourth-order valence-corrected chi connectivity index (χ4v) is 1.96. The molecule has 0 amide bonds.